The predicted octanol–water partition coefficient (Wildman–Crippen LogP) is 0.527. The van der Waals surface area contributed by atoms with E-state index < -0.39 is 0 Å². The molecule has 28 heavy (non-hydrogen) atoms. The molecule has 2 aromatic rings. The van der Waals surface area contributed by atoms with Crippen LogP contribution in [0.5, 0.6) is 0 Å². The zero-order chi connectivity index (χ0) is 20.1. The Morgan fingerprint density at radius 2 is 1.93 bits per heavy atom. The molecule has 0 bridgehead atoms. The van der Waals surface area contributed by atoms with E-state index in [1.54, 1.807) is 4.57 Å². The van der Waals surface area contributed by atoms with Crippen LogP contribution >= 0.6 is 0 Å². The predicted molar refractivity (Wildman–Crippen MR) is 108 cm³/mol. The van der Waals surface area contributed by atoms with Gasteiger partial charge in [0.15, 0.2) is 0 Å². The van der Waals surface area contributed by atoms with Gasteiger partial charge in [0.1, 0.15) is 6.54 Å². The Morgan fingerprint density at radius 1 is 1.21 bits per heavy atom. The largest absolute Gasteiger partial charge is 0.369 e. The number of fused-ring (bicyclic) bond motifs is 1. The van der Waals surface area contributed by atoms with E-state index in [1.807, 2.05) is 31.2 Å². The smallest absolute Gasteiger partial charge is 0.329 e. The van der Waals surface area contributed by atoms with E-state index >= 15 is 0 Å². The third-order valence-corrected chi connectivity index (χ3v) is 5.42. The Hall–Kier alpha value is -2.61. The van der Waals surface area contributed by atoms with Gasteiger partial charge in [-0.15, -0.1) is 0 Å². The minimum Gasteiger partial charge on any atom is -0.369 e. The summed E-state index contributed by atoms with van der Waals surface area (Å²) in [5.74, 6) is -0.462. The molecule has 0 radical (unpaired) electrons. The van der Waals surface area contributed by atoms with E-state index in [9.17, 15) is 14.4 Å². The van der Waals surface area contributed by atoms with Crippen LogP contribution in [0, 0.1) is 5.92 Å². The average molecular weight is 387 g/mol. The first-order valence-corrected chi connectivity index (χ1v) is 9.97. The Bertz CT molecular complexity index is 901. The number of hydrogen-bond donors (Lipinski definition) is 2. The second kappa shape index (κ2) is 9.05. The van der Waals surface area contributed by atoms with Gasteiger partial charge in [-0.2, -0.15) is 0 Å². The number of nitrogens with two attached hydrogens (primary N) is 1. The number of likely N-dealkylation sites (tertiary alicyclic amines) is 1. The lowest BCUT2D eigenvalue weighted by atomic mass is 9.97. The van der Waals surface area contributed by atoms with Gasteiger partial charge in [0.05, 0.1) is 17.0 Å². The quantitative estimate of drug-likeness (QED) is 0.645. The molecule has 8 heteroatoms. The molecular formula is C20H29N5O3. The van der Waals surface area contributed by atoms with Crippen LogP contribution in [0.15, 0.2) is 29.1 Å². The Morgan fingerprint density at radius 3 is 2.61 bits per heavy atom. The van der Waals surface area contributed by atoms with Crippen LogP contribution in [0.4, 0.5) is 0 Å². The minimum absolute atomic E-state index is 0.0137. The second-order valence-corrected chi connectivity index (χ2v) is 7.35. The van der Waals surface area contributed by atoms with Crippen LogP contribution < -0.4 is 16.7 Å². The van der Waals surface area contributed by atoms with Gasteiger partial charge < -0.3 is 16.0 Å². The number of primary amides is 1. The zero-order valence-electron chi connectivity index (χ0n) is 16.4. The number of para-hydroxylation sites is 2. The molecule has 1 aliphatic heterocycles. The highest BCUT2D eigenvalue weighted by atomic mass is 16.2. The highest BCUT2D eigenvalue weighted by Crippen LogP contribution is 2.16. The number of piperidine rings is 1. The molecular weight excluding hydrogens is 358 g/mol. The number of hydrogen-bond acceptors (Lipinski definition) is 4. The molecule has 0 saturated carbocycles. The van der Waals surface area contributed by atoms with Crippen LogP contribution in [-0.4, -0.2) is 52.0 Å². The summed E-state index contributed by atoms with van der Waals surface area (Å²) >= 11 is 0. The third-order valence-electron chi connectivity index (χ3n) is 5.42. The number of nitrogens with zero attached hydrogens (tertiary/aromatic N) is 3. The van der Waals surface area contributed by atoms with E-state index in [4.69, 9.17) is 5.73 Å². The minimum atomic E-state index is -0.227. The van der Waals surface area contributed by atoms with E-state index in [0.717, 1.165) is 43.4 Å². The van der Waals surface area contributed by atoms with E-state index in [2.05, 4.69) is 10.2 Å². The first-order chi connectivity index (χ1) is 13.5. The molecule has 152 valence electrons. The van der Waals surface area contributed by atoms with Crippen LogP contribution in [0.1, 0.15) is 26.2 Å². The van der Waals surface area contributed by atoms with Gasteiger partial charge in [-0.25, -0.2) is 4.79 Å². The first kappa shape index (κ1) is 20.1. The molecule has 1 aliphatic rings. The van der Waals surface area contributed by atoms with Crippen molar-refractivity contribution in [2.24, 2.45) is 11.7 Å². The Labute approximate surface area is 164 Å². The third kappa shape index (κ3) is 4.44. The van der Waals surface area contributed by atoms with E-state index in [0.29, 0.717) is 19.6 Å². The maximum atomic E-state index is 12.6. The van der Waals surface area contributed by atoms with Gasteiger partial charge in [-0.3, -0.25) is 18.7 Å². The van der Waals surface area contributed by atoms with Gasteiger partial charge in [0.25, 0.3) is 0 Å². The molecule has 1 aromatic carbocycles. The number of carbonyl (C=O) groups excluding carboxylic acids is 2. The second-order valence-electron chi connectivity index (χ2n) is 7.35. The molecule has 8 nitrogen and oxygen atoms in total. The van der Waals surface area contributed by atoms with Crippen molar-refractivity contribution in [1.29, 1.82) is 0 Å². The fraction of sp³-hybridized carbons (Fsp3) is 0.550. The van der Waals surface area contributed by atoms with E-state index in [-0.39, 0.29) is 30.0 Å². The molecule has 1 fully saturated rings. The van der Waals surface area contributed by atoms with Gasteiger partial charge in [0.2, 0.25) is 11.8 Å². The van der Waals surface area contributed by atoms with Crippen LogP contribution in [0.3, 0.4) is 0 Å². The summed E-state index contributed by atoms with van der Waals surface area (Å²) in [7, 11) is 0. The summed E-state index contributed by atoms with van der Waals surface area (Å²) in [5.41, 5.74) is 6.86. The molecule has 3 N–H and O–H groups in total. The number of amides is 2. The molecule has 1 unspecified atom stereocenters. The number of benzene rings is 1. The fourth-order valence-corrected chi connectivity index (χ4v) is 3.95. The molecule has 0 spiro atoms. The fourth-order valence-electron chi connectivity index (χ4n) is 3.95. The summed E-state index contributed by atoms with van der Waals surface area (Å²) in [4.78, 5) is 38.5. The normalized spacial score (nSPS) is 17.7. The van der Waals surface area contributed by atoms with Crippen molar-refractivity contribution in [1.82, 2.24) is 19.4 Å². The van der Waals surface area contributed by atoms with Gasteiger partial charge >= 0.3 is 5.69 Å². The summed E-state index contributed by atoms with van der Waals surface area (Å²) in [6.45, 7) is 5.52. The Balaban J connectivity index is 1.50. The standard InChI is InChI=1S/C20H29N5O3/c1-2-24-16-8-3-4-9-17(16)25(20(24)28)14-18(26)22-10-6-12-23-11-5-7-15(13-23)19(21)27/h3-4,8-9,15H,2,5-7,10-14H2,1H3,(H2,21,27)(H,22,26). The summed E-state index contributed by atoms with van der Waals surface area (Å²) in [6, 6.07) is 7.52. The molecule has 1 aromatic heterocycles. The van der Waals surface area contributed by atoms with Crippen molar-refractivity contribution >= 4 is 22.8 Å². The monoisotopic (exact) mass is 387 g/mol. The molecule has 1 atom stereocenters. The SMILES string of the molecule is CCn1c(=O)n(CC(=O)NCCCN2CCCC(C(N)=O)C2)c2ccccc21. The maximum Gasteiger partial charge on any atom is 0.329 e. The van der Waals surface area contributed by atoms with Crippen molar-refractivity contribution in [3.63, 3.8) is 0 Å². The lowest BCUT2D eigenvalue weighted by Gasteiger charge is -2.31. The topological polar surface area (TPSA) is 102 Å². The van der Waals surface area contributed by atoms with Crippen LogP contribution in [0.25, 0.3) is 11.0 Å². The maximum absolute atomic E-state index is 12.6. The zero-order valence-corrected chi connectivity index (χ0v) is 16.4. The summed E-state index contributed by atoms with van der Waals surface area (Å²) < 4.78 is 3.20. The number of imidazole rings is 1. The molecule has 1 saturated heterocycles. The number of carbonyl (C=O) groups is 2. The molecule has 3 rings (SSSR count). The first-order valence-electron chi connectivity index (χ1n) is 9.97. The number of aromatic nitrogens is 2. The van der Waals surface area contributed by atoms with Crippen LogP contribution in [-0.2, 0) is 22.7 Å². The molecule has 2 amide bonds. The summed E-state index contributed by atoms with van der Waals surface area (Å²) in [6.07, 6.45) is 2.63. The molecule has 0 aliphatic carbocycles. The van der Waals surface area contributed by atoms with Crippen molar-refractivity contribution in [3.05, 3.63) is 34.7 Å². The van der Waals surface area contributed by atoms with Crippen molar-refractivity contribution in [2.75, 3.05) is 26.2 Å². The Kier molecular flexibility index (Phi) is 6.51. The highest BCUT2D eigenvalue weighted by molar-refractivity contribution is 5.81. The lowest BCUT2D eigenvalue weighted by molar-refractivity contribution is -0.123. The van der Waals surface area contributed by atoms with Gasteiger partial charge in [-0.1, -0.05) is 12.1 Å². The number of aryl methyl sites for hydroxylation is 1. The van der Waals surface area contributed by atoms with Gasteiger partial charge in [-0.05, 0) is 51.4 Å². The lowest BCUT2D eigenvalue weighted by Crippen LogP contribution is -2.42. The molecule has 2 heterocycles. The number of nitrogens with one attached hydrogen (secondary N) is 1. The highest BCUT2D eigenvalue weighted by Gasteiger charge is 2.23. The van der Waals surface area contributed by atoms with Crippen molar-refractivity contribution < 1.29 is 9.59 Å². The van der Waals surface area contributed by atoms with Crippen LogP contribution in [0.2, 0.25) is 0 Å². The van der Waals surface area contributed by atoms with Crippen molar-refractivity contribution in [3.8, 4) is 0 Å². The van der Waals surface area contributed by atoms with Gasteiger partial charge in [0, 0.05) is 19.6 Å². The summed E-state index contributed by atoms with van der Waals surface area (Å²) in [5, 5.41) is 2.90. The van der Waals surface area contributed by atoms with Crippen molar-refractivity contribution in [2.45, 2.75) is 39.3 Å². The number of rotatable bonds is 8. The van der Waals surface area contributed by atoms with E-state index in [1.165, 1.54) is 4.57 Å². The average Bonchev–Trinajstić information content (AvgIpc) is 2.96.